The fourth-order valence-corrected chi connectivity index (χ4v) is 5.89. The number of carbonyl (C=O) groups excluding carboxylic acids is 1. The van der Waals surface area contributed by atoms with Crippen LogP contribution in [-0.2, 0) is 16.6 Å². The first-order chi connectivity index (χ1) is 15.4. The SMILES string of the molecule is CCn1c(C(C)NC(=O)c2ccc(OC)c(S(=O)(=O)N3CCCC3)c2)nc2ccccc21. The highest BCUT2D eigenvalue weighted by Crippen LogP contribution is 2.30. The van der Waals surface area contributed by atoms with Crippen LogP contribution in [0.4, 0.5) is 0 Å². The van der Waals surface area contributed by atoms with E-state index in [1.807, 2.05) is 38.1 Å². The molecule has 1 fully saturated rings. The Hall–Kier alpha value is -2.91. The van der Waals surface area contributed by atoms with Crippen molar-refractivity contribution in [1.82, 2.24) is 19.2 Å². The molecule has 3 aromatic rings. The number of carbonyl (C=O) groups is 1. The number of nitrogens with zero attached hydrogens (tertiary/aromatic N) is 3. The molecule has 1 N–H and O–H groups in total. The van der Waals surface area contributed by atoms with Crippen molar-refractivity contribution in [2.75, 3.05) is 20.2 Å². The van der Waals surface area contributed by atoms with E-state index in [1.165, 1.54) is 23.5 Å². The Kier molecular flexibility index (Phi) is 6.21. The highest BCUT2D eigenvalue weighted by atomic mass is 32.2. The summed E-state index contributed by atoms with van der Waals surface area (Å²) in [6.45, 7) is 5.58. The molecule has 1 unspecified atom stereocenters. The van der Waals surface area contributed by atoms with Gasteiger partial charge in [-0.2, -0.15) is 4.31 Å². The number of methoxy groups -OCH3 is 1. The van der Waals surface area contributed by atoms with E-state index in [0.717, 1.165) is 36.2 Å². The van der Waals surface area contributed by atoms with Crippen molar-refractivity contribution in [2.45, 2.75) is 44.2 Å². The van der Waals surface area contributed by atoms with Gasteiger partial charge < -0.3 is 14.6 Å². The molecule has 9 heteroatoms. The molecule has 0 spiro atoms. The van der Waals surface area contributed by atoms with Gasteiger partial charge in [0.2, 0.25) is 10.0 Å². The number of amides is 1. The van der Waals surface area contributed by atoms with Crippen molar-refractivity contribution < 1.29 is 17.9 Å². The second kappa shape index (κ2) is 8.91. The largest absolute Gasteiger partial charge is 0.495 e. The summed E-state index contributed by atoms with van der Waals surface area (Å²) in [5, 5.41) is 2.96. The number of ether oxygens (including phenoxy) is 1. The summed E-state index contributed by atoms with van der Waals surface area (Å²) >= 11 is 0. The van der Waals surface area contributed by atoms with Crippen LogP contribution < -0.4 is 10.1 Å². The number of rotatable bonds is 7. The molecular weight excluding hydrogens is 428 g/mol. The normalized spacial score (nSPS) is 15.7. The third kappa shape index (κ3) is 3.98. The van der Waals surface area contributed by atoms with Crippen LogP contribution in [-0.4, -0.2) is 48.4 Å². The van der Waals surface area contributed by atoms with E-state index in [-0.39, 0.29) is 28.2 Å². The minimum Gasteiger partial charge on any atom is -0.495 e. The van der Waals surface area contributed by atoms with Gasteiger partial charge in [-0.1, -0.05) is 12.1 Å². The van der Waals surface area contributed by atoms with Crippen molar-refractivity contribution >= 4 is 27.0 Å². The number of para-hydroxylation sites is 2. The van der Waals surface area contributed by atoms with E-state index in [9.17, 15) is 13.2 Å². The molecule has 1 saturated heterocycles. The van der Waals surface area contributed by atoms with Gasteiger partial charge in [0.15, 0.2) is 0 Å². The molecule has 170 valence electrons. The van der Waals surface area contributed by atoms with Crippen LogP contribution >= 0.6 is 0 Å². The lowest BCUT2D eigenvalue weighted by molar-refractivity contribution is 0.0937. The Bertz CT molecular complexity index is 1250. The van der Waals surface area contributed by atoms with Gasteiger partial charge in [-0.3, -0.25) is 4.79 Å². The van der Waals surface area contributed by atoms with Crippen LogP contribution in [0.3, 0.4) is 0 Å². The van der Waals surface area contributed by atoms with Crippen LogP contribution in [0, 0.1) is 0 Å². The van der Waals surface area contributed by atoms with Gasteiger partial charge in [0.05, 0.1) is 24.2 Å². The average Bonchev–Trinajstić information content (AvgIpc) is 3.47. The summed E-state index contributed by atoms with van der Waals surface area (Å²) < 4.78 is 35.0. The van der Waals surface area contributed by atoms with E-state index in [0.29, 0.717) is 13.1 Å². The van der Waals surface area contributed by atoms with Crippen molar-refractivity contribution in [1.29, 1.82) is 0 Å². The second-order valence-corrected chi connectivity index (χ2v) is 9.78. The molecule has 2 aromatic carbocycles. The number of hydrogen-bond acceptors (Lipinski definition) is 5. The lowest BCUT2D eigenvalue weighted by Crippen LogP contribution is -2.30. The van der Waals surface area contributed by atoms with Gasteiger partial charge >= 0.3 is 0 Å². The van der Waals surface area contributed by atoms with Gasteiger partial charge in [-0.15, -0.1) is 0 Å². The molecule has 1 aliphatic rings. The van der Waals surface area contributed by atoms with Crippen LogP contribution in [0.15, 0.2) is 47.4 Å². The number of imidazole rings is 1. The Balaban J connectivity index is 1.63. The lowest BCUT2D eigenvalue weighted by atomic mass is 10.2. The number of hydrogen-bond donors (Lipinski definition) is 1. The lowest BCUT2D eigenvalue weighted by Gasteiger charge is -2.19. The fourth-order valence-electron chi connectivity index (χ4n) is 4.19. The molecule has 1 aromatic heterocycles. The predicted octanol–water partition coefficient (Wildman–Crippen LogP) is 3.34. The van der Waals surface area contributed by atoms with Crippen LogP contribution in [0.2, 0.25) is 0 Å². The zero-order chi connectivity index (χ0) is 22.9. The minimum absolute atomic E-state index is 0.0167. The van der Waals surface area contributed by atoms with E-state index in [1.54, 1.807) is 6.07 Å². The number of aryl methyl sites for hydroxylation is 1. The number of fused-ring (bicyclic) bond motifs is 1. The molecule has 1 atom stereocenters. The molecule has 32 heavy (non-hydrogen) atoms. The van der Waals surface area contributed by atoms with Gasteiger partial charge in [0.1, 0.15) is 16.5 Å². The summed E-state index contributed by atoms with van der Waals surface area (Å²) in [4.78, 5) is 17.8. The maximum atomic E-state index is 13.1. The smallest absolute Gasteiger partial charge is 0.251 e. The summed E-state index contributed by atoms with van der Waals surface area (Å²) in [5.41, 5.74) is 2.14. The highest BCUT2D eigenvalue weighted by Gasteiger charge is 2.31. The van der Waals surface area contributed by atoms with Crippen molar-refractivity contribution in [3.8, 4) is 5.75 Å². The Morgan fingerprint density at radius 3 is 2.59 bits per heavy atom. The molecule has 2 heterocycles. The van der Waals surface area contributed by atoms with Crippen LogP contribution in [0.1, 0.15) is 48.9 Å². The van der Waals surface area contributed by atoms with Gasteiger partial charge in [0, 0.05) is 25.2 Å². The summed E-state index contributed by atoms with van der Waals surface area (Å²) in [6.07, 6.45) is 1.66. The number of nitrogens with one attached hydrogen (secondary N) is 1. The molecule has 0 aliphatic carbocycles. The number of aromatic nitrogens is 2. The minimum atomic E-state index is -3.73. The van der Waals surface area contributed by atoms with Gasteiger partial charge in [-0.25, -0.2) is 13.4 Å². The predicted molar refractivity (Wildman–Crippen MR) is 122 cm³/mol. The van der Waals surface area contributed by atoms with Crippen molar-refractivity contribution in [3.05, 3.63) is 53.9 Å². The molecule has 0 bridgehead atoms. The monoisotopic (exact) mass is 456 g/mol. The highest BCUT2D eigenvalue weighted by molar-refractivity contribution is 7.89. The summed E-state index contributed by atoms with van der Waals surface area (Å²) in [5.74, 6) is 0.613. The van der Waals surface area contributed by atoms with E-state index >= 15 is 0 Å². The maximum absolute atomic E-state index is 13.1. The molecule has 0 radical (unpaired) electrons. The van der Waals surface area contributed by atoms with Crippen LogP contribution in [0.25, 0.3) is 11.0 Å². The fraction of sp³-hybridized carbons (Fsp3) is 0.391. The molecule has 8 nitrogen and oxygen atoms in total. The molecule has 4 rings (SSSR count). The molecular formula is C23H28N4O4S. The first-order valence-corrected chi connectivity index (χ1v) is 12.2. The van der Waals surface area contributed by atoms with E-state index in [2.05, 4.69) is 9.88 Å². The maximum Gasteiger partial charge on any atom is 0.251 e. The quantitative estimate of drug-likeness (QED) is 0.589. The molecule has 1 aliphatic heterocycles. The number of benzene rings is 2. The second-order valence-electron chi connectivity index (χ2n) is 7.87. The Morgan fingerprint density at radius 1 is 1.19 bits per heavy atom. The van der Waals surface area contributed by atoms with E-state index in [4.69, 9.17) is 9.72 Å². The molecule has 0 saturated carbocycles. The zero-order valence-corrected chi connectivity index (χ0v) is 19.4. The molecule has 1 amide bonds. The average molecular weight is 457 g/mol. The zero-order valence-electron chi connectivity index (χ0n) is 18.5. The number of sulfonamides is 1. The summed E-state index contributed by atoms with van der Waals surface area (Å²) in [6, 6.07) is 12.0. The first kappa shape index (κ1) is 22.3. The Morgan fingerprint density at radius 2 is 1.91 bits per heavy atom. The third-order valence-electron chi connectivity index (χ3n) is 5.84. The first-order valence-electron chi connectivity index (χ1n) is 10.8. The topological polar surface area (TPSA) is 93.5 Å². The third-order valence-corrected chi connectivity index (χ3v) is 7.76. The van der Waals surface area contributed by atoms with Crippen molar-refractivity contribution in [3.63, 3.8) is 0 Å². The van der Waals surface area contributed by atoms with Crippen molar-refractivity contribution in [2.24, 2.45) is 0 Å². The van der Waals surface area contributed by atoms with E-state index < -0.39 is 10.0 Å². The summed E-state index contributed by atoms with van der Waals surface area (Å²) in [7, 11) is -2.31. The Labute approximate surface area is 188 Å². The standard InChI is InChI=1S/C23H28N4O4S/c1-4-27-19-10-6-5-9-18(19)25-22(27)16(2)24-23(28)17-11-12-20(31-3)21(15-17)32(29,30)26-13-7-8-14-26/h5-6,9-12,15-16H,4,7-8,13-14H2,1-3H3,(H,24,28). The van der Waals surface area contributed by atoms with Crippen LogP contribution in [0.5, 0.6) is 5.75 Å². The van der Waals surface area contributed by atoms with Gasteiger partial charge in [0.25, 0.3) is 5.91 Å². The van der Waals surface area contributed by atoms with Gasteiger partial charge in [-0.05, 0) is 57.0 Å².